The Balaban J connectivity index is 1.24. The summed E-state index contributed by atoms with van der Waals surface area (Å²) in [4.78, 5) is 28.8. The predicted molar refractivity (Wildman–Crippen MR) is 90.0 cm³/mol. The van der Waals surface area contributed by atoms with Crippen LogP contribution in [0.4, 0.5) is 4.79 Å². The van der Waals surface area contributed by atoms with Crippen molar-refractivity contribution >= 4 is 23.1 Å². The van der Waals surface area contributed by atoms with Crippen LogP contribution in [0, 0.1) is 0 Å². The summed E-state index contributed by atoms with van der Waals surface area (Å²) in [6.45, 7) is 1.14. The number of H-pyrrole nitrogens is 1. The van der Waals surface area contributed by atoms with E-state index in [0.29, 0.717) is 24.4 Å². The van der Waals surface area contributed by atoms with Crippen molar-refractivity contribution in [1.82, 2.24) is 15.2 Å². The van der Waals surface area contributed by atoms with Crippen LogP contribution in [-0.4, -0.2) is 41.0 Å². The van der Waals surface area contributed by atoms with Gasteiger partial charge in [0.1, 0.15) is 12.3 Å². The zero-order chi connectivity index (χ0) is 17.2. The van der Waals surface area contributed by atoms with Crippen molar-refractivity contribution in [2.75, 3.05) is 13.1 Å². The molecule has 1 aliphatic rings. The van der Waals surface area contributed by atoms with E-state index in [-0.39, 0.29) is 18.6 Å². The number of carbonyl (C=O) groups excluding carboxylic acids is 2. The van der Waals surface area contributed by atoms with E-state index in [9.17, 15) is 9.59 Å². The fourth-order valence-electron chi connectivity index (χ4n) is 2.80. The first-order valence-corrected chi connectivity index (χ1v) is 8.02. The number of ether oxygens (including phenoxy) is 1. The Morgan fingerprint density at radius 1 is 1.24 bits per heavy atom. The number of rotatable bonds is 4. The molecule has 0 atom stereocenters. The standard InChI is InChI=1S/C18H17N3O4/c22-17(15-8-16-14(20-15)6-7-24-16)21-9-13(10-21)19-18(23)25-11-12-4-2-1-3-5-12/h1-8,13,20H,9-11H2,(H,19,23). The monoisotopic (exact) mass is 339 g/mol. The lowest BCUT2D eigenvalue weighted by molar-refractivity contribution is 0.0541. The highest BCUT2D eigenvalue weighted by molar-refractivity contribution is 5.97. The van der Waals surface area contributed by atoms with Gasteiger partial charge in [-0.3, -0.25) is 4.79 Å². The van der Waals surface area contributed by atoms with Gasteiger partial charge >= 0.3 is 6.09 Å². The van der Waals surface area contributed by atoms with Gasteiger partial charge in [-0.15, -0.1) is 0 Å². The molecule has 128 valence electrons. The molecule has 0 saturated carbocycles. The molecule has 4 rings (SSSR count). The first kappa shape index (κ1) is 15.3. The molecule has 0 unspecified atom stereocenters. The number of benzene rings is 1. The van der Waals surface area contributed by atoms with Gasteiger partial charge in [0.15, 0.2) is 5.58 Å². The van der Waals surface area contributed by atoms with Crippen molar-refractivity contribution in [2.24, 2.45) is 0 Å². The van der Waals surface area contributed by atoms with Crippen LogP contribution in [0.25, 0.3) is 11.1 Å². The number of hydrogen-bond donors (Lipinski definition) is 2. The number of aromatic amines is 1. The number of nitrogens with zero attached hydrogens (tertiary/aromatic N) is 1. The van der Waals surface area contributed by atoms with E-state index in [1.54, 1.807) is 23.3 Å². The summed E-state index contributed by atoms with van der Waals surface area (Å²) in [5.41, 5.74) is 2.87. The summed E-state index contributed by atoms with van der Waals surface area (Å²) in [6.07, 6.45) is 1.10. The van der Waals surface area contributed by atoms with Gasteiger partial charge in [-0.25, -0.2) is 4.79 Å². The summed E-state index contributed by atoms with van der Waals surface area (Å²) in [5, 5.41) is 2.76. The molecular formula is C18H17N3O4. The highest BCUT2D eigenvalue weighted by Crippen LogP contribution is 2.19. The van der Waals surface area contributed by atoms with E-state index < -0.39 is 6.09 Å². The molecule has 0 spiro atoms. The van der Waals surface area contributed by atoms with E-state index in [2.05, 4.69) is 10.3 Å². The van der Waals surface area contributed by atoms with Crippen LogP contribution in [0.15, 0.2) is 53.1 Å². The predicted octanol–water partition coefficient (Wildman–Crippen LogP) is 2.51. The van der Waals surface area contributed by atoms with Crippen LogP contribution in [0.3, 0.4) is 0 Å². The maximum absolute atomic E-state index is 12.3. The number of nitrogens with one attached hydrogen (secondary N) is 2. The Labute approximate surface area is 143 Å². The lowest BCUT2D eigenvalue weighted by Gasteiger charge is -2.38. The van der Waals surface area contributed by atoms with E-state index >= 15 is 0 Å². The minimum absolute atomic E-state index is 0.0924. The zero-order valence-electron chi connectivity index (χ0n) is 13.4. The lowest BCUT2D eigenvalue weighted by Crippen LogP contribution is -2.61. The molecule has 3 heterocycles. The second kappa shape index (κ2) is 6.35. The van der Waals surface area contributed by atoms with Gasteiger partial charge in [-0.2, -0.15) is 0 Å². The summed E-state index contributed by atoms with van der Waals surface area (Å²) < 4.78 is 10.4. The molecular weight excluding hydrogens is 322 g/mol. The first-order chi connectivity index (χ1) is 12.2. The molecule has 1 aliphatic heterocycles. The number of aromatic nitrogens is 1. The smallest absolute Gasteiger partial charge is 0.407 e. The van der Waals surface area contributed by atoms with Gasteiger partial charge in [-0.05, 0) is 5.56 Å². The minimum atomic E-state index is -0.474. The average Bonchev–Trinajstić information content (AvgIpc) is 3.18. The molecule has 1 saturated heterocycles. The number of carbonyl (C=O) groups is 2. The fourth-order valence-corrected chi connectivity index (χ4v) is 2.80. The Kier molecular flexibility index (Phi) is 3.89. The highest BCUT2D eigenvalue weighted by Gasteiger charge is 2.33. The van der Waals surface area contributed by atoms with E-state index in [4.69, 9.17) is 9.15 Å². The number of fused-ring (bicyclic) bond motifs is 1. The Morgan fingerprint density at radius 3 is 2.80 bits per heavy atom. The van der Waals surface area contributed by atoms with Gasteiger partial charge < -0.3 is 24.4 Å². The van der Waals surface area contributed by atoms with Crippen LogP contribution in [0.5, 0.6) is 0 Å². The Hall–Kier alpha value is -3.22. The molecule has 0 aliphatic carbocycles. The zero-order valence-corrected chi connectivity index (χ0v) is 13.4. The first-order valence-electron chi connectivity index (χ1n) is 8.02. The van der Waals surface area contributed by atoms with E-state index in [1.807, 2.05) is 30.3 Å². The van der Waals surface area contributed by atoms with Crippen LogP contribution in [0.1, 0.15) is 16.1 Å². The molecule has 0 radical (unpaired) electrons. The number of likely N-dealkylation sites (tertiary alicyclic amines) is 1. The summed E-state index contributed by atoms with van der Waals surface area (Å²) in [7, 11) is 0. The number of hydrogen-bond acceptors (Lipinski definition) is 4. The van der Waals surface area contributed by atoms with Gasteiger partial charge in [-0.1, -0.05) is 30.3 Å². The van der Waals surface area contributed by atoms with Gasteiger partial charge in [0.2, 0.25) is 0 Å². The normalized spacial score (nSPS) is 14.3. The maximum atomic E-state index is 12.3. The molecule has 0 bridgehead atoms. The van der Waals surface area contributed by atoms with Crippen molar-refractivity contribution in [1.29, 1.82) is 0 Å². The molecule has 2 amide bonds. The second-order valence-corrected chi connectivity index (χ2v) is 5.99. The third-order valence-electron chi connectivity index (χ3n) is 4.17. The van der Waals surface area contributed by atoms with E-state index in [1.165, 1.54) is 0 Å². The third kappa shape index (κ3) is 3.21. The molecule has 1 fully saturated rings. The van der Waals surface area contributed by atoms with Crippen molar-refractivity contribution in [3.63, 3.8) is 0 Å². The topological polar surface area (TPSA) is 87.6 Å². The third-order valence-corrected chi connectivity index (χ3v) is 4.17. The van der Waals surface area contributed by atoms with E-state index in [0.717, 1.165) is 11.1 Å². The van der Waals surface area contributed by atoms with Crippen LogP contribution >= 0.6 is 0 Å². The maximum Gasteiger partial charge on any atom is 0.407 e. The van der Waals surface area contributed by atoms with Gasteiger partial charge in [0, 0.05) is 25.2 Å². The molecule has 2 aromatic heterocycles. The fraction of sp³-hybridized carbons (Fsp3) is 0.222. The van der Waals surface area contributed by atoms with Crippen molar-refractivity contribution < 1.29 is 18.7 Å². The van der Waals surface area contributed by atoms with Gasteiger partial charge in [0.05, 0.1) is 17.8 Å². The Bertz CT molecular complexity index is 865. The van der Waals surface area contributed by atoms with Crippen LogP contribution in [0.2, 0.25) is 0 Å². The van der Waals surface area contributed by atoms with Crippen molar-refractivity contribution in [3.8, 4) is 0 Å². The summed E-state index contributed by atoms with van der Waals surface area (Å²) >= 11 is 0. The molecule has 2 N–H and O–H groups in total. The molecule has 1 aromatic carbocycles. The molecule has 7 heteroatoms. The second-order valence-electron chi connectivity index (χ2n) is 5.99. The number of furan rings is 1. The summed E-state index contributed by atoms with van der Waals surface area (Å²) in [6, 6.07) is 12.8. The minimum Gasteiger partial charge on any atom is -0.463 e. The average molecular weight is 339 g/mol. The molecule has 3 aromatic rings. The largest absolute Gasteiger partial charge is 0.463 e. The Morgan fingerprint density at radius 2 is 2.04 bits per heavy atom. The van der Waals surface area contributed by atoms with Crippen molar-refractivity contribution in [2.45, 2.75) is 12.6 Å². The quantitative estimate of drug-likeness (QED) is 0.764. The number of alkyl carbamates (subject to hydrolysis) is 1. The molecule has 7 nitrogen and oxygen atoms in total. The SMILES string of the molecule is O=C(NC1CN(C(=O)c2cc3occc3[nH]2)C1)OCc1ccccc1. The van der Waals surface area contributed by atoms with Crippen LogP contribution in [-0.2, 0) is 11.3 Å². The highest BCUT2D eigenvalue weighted by atomic mass is 16.5. The lowest BCUT2D eigenvalue weighted by atomic mass is 10.1. The molecule has 25 heavy (non-hydrogen) atoms. The summed E-state index contributed by atoms with van der Waals surface area (Å²) in [5.74, 6) is -0.109. The number of amides is 2. The van der Waals surface area contributed by atoms with Gasteiger partial charge in [0.25, 0.3) is 5.91 Å². The van der Waals surface area contributed by atoms with Crippen molar-refractivity contribution in [3.05, 3.63) is 60.0 Å². The van der Waals surface area contributed by atoms with Crippen LogP contribution < -0.4 is 5.32 Å².